The molecule has 2 aromatic heterocycles. The first-order valence-corrected chi connectivity index (χ1v) is 9.04. The molecule has 0 saturated heterocycles. The van der Waals surface area contributed by atoms with E-state index in [2.05, 4.69) is 20.4 Å². The molecular formula is C19H19FN6O3. The molecule has 9 nitrogen and oxygen atoms in total. The fourth-order valence-corrected chi connectivity index (χ4v) is 3.42. The van der Waals surface area contributed by atoms with E-state index in [0.29, 0.717) is 30.0 Å². The highest BCUT2D eigenvalue weighted by Gasteiger charge is 2.35. The number of rotatable bonds is 4. The molecule has 0 radical (unpaired) electrons. The summed E-state index contributed by atoms with van der Waals surface area (Å²) in [6.07, 6.45) is 3.42. The molecule has 1 aromatic carbocycles. The van der Waals surface area contributed by atoms with Crippen molar-refractivity contribution >= 4 is 5.91 Å². The van der Waals surface area contributed by atoms with Crippen LogP contribution in [0, 0.1) is 5.82 Å². The Morgan fingerprint density at radius 2 is 2.17 bits per heavy atom. The number of fused-ring (bicyclic) bond motifs is 1. The van der Waals surface area contributed by atoms with Gasteiger partial charge in [0.25, 0.3) is 11.5 Å². The number of hydrogen-bond donors (Lipinski definition) is 2. The molecule has 0 spiro atoms. The average molecular weight is 398 g/mol. The Bertz CT molecular complexity index is 1150. The second kappa shape index (κ2) is 6.80. The molecule has 1 aliphatic heterocycles. The van der Waals surface area contributed by atoms with Crippen LogP contribution in [-0.4, -0.2) is 35.3 Å². The molecule has 0 fully saturated rings. The van der Waals surface area contributed by atoms with Crippen molar-refractivity contribution in [3.63, 3.8) is 0 Å². The minimum atomic E-state index is -0.695. The van der Waals surface area contributed by atoms with Gasteiger partial charge in [-0.2, -0.15) is 5.10 Å². The van der Waals surface area contributed by atoms with Crippen molar-refractivity contribution in [3.8, 4) is 11.4 Å². The Labute approximate surface area is 164 Å². The van der Waals surface area contributed by atoms with Crippen LogP contribution in [0.4, 0.5) is 4.39 Å². The van der Waals surface area contributed by atoms with Gasteiger partial charge in [-0.1, -0.05) is 19.9 Å². The molecule has 3 aromatic rings. The number of aromatic nitrogens is 5. The SMILES string of the molecule is CC1(C)CCn2c1nc(C(=O)NCc1ccc(F)cc1-n1cncn1)c(O)c2=O. The van der Waals surface area contributed by atoms with Gasteiger partial charge in [0.15, 0.2) is 5.69 Å². The molecule has 4 rings (SSSR count). The van der Waals surface area contributed by atoms with E-state index < -0.39 is 23.0 Å². The summed E-state index contributed by atoms with van der Waals surface area (Å²) in [5.74, 6) is -1.37. The van der Waals surface area contributed by atoms with E-state index in [9.17, 15) is 19.1 Å². The van der Waals surface area contributed by atoms with Crippen LogP contribution in [-0.2, 0) is 18.5 Å². The Morgan fingerprint density at radius 1 is 1.38 bits per heavy atom. The van der Waals surface area contributed by atoms with Crippen molar-refractivity contribution in [3.05, 3.63) is 64.1 Å². The van der Waals surface area contributed by atoms with Crippen LogP contribution in [0.2, 0.25) is 0 Å². The fourth-order valence-electron chi connectivity index (χ4n) is 3.42. The molecule has 3 heterocycles. The molecule has 0 atom stereocenters. The van der Waals surface area contributed by atoms with Crippen LogP contribution >= 0.6 is 0 Å². The molecule has 29 heavy (non-hydrogen) atoms. The number of nitrogens with zero attached hydrogens (tertiary/aromatic N) is 5. The molecule has 0 saturated carbocycles. The highest BCUT2D eigenvalue weighted by molar-refractivity contribution is 5.94. The minimum absolute atomic E-state index is 0.0111. The van der Waals surface area contributed by atoms with E-state index in [-0.39, 0.29) is 17.7 Å². The van der Waals surface area contributed by atoms with Gasteiger partial charge in [-0.3, -0.25) is 14.2 Å². The molecular weight excluding hydrogens is 379 g/mol. The predicted octanol–water partition coefficient (Wildman–Crippen LogP) is 1.28. The maximum absolute atomic E-state index is 13.7. The maximum atomic E-state index is 13.7. The zero-order chi connectivity index (χ0) is 20.8. The molecule has 10 heteroatoms. The quantitative estimate of drug-likeness (QED) is 0.684. The molecule has 2 N–H and O–H groups in total. The molecule has 1 amide bonds. The predicted molar refractivity (Wildman–Crippen MR) is 100 cm³/mol. The van der Waals surface area contributed by atoms with Crippen molar-refractivity contribution < 1.29 is 14.3 Å². The highest BCUT2D eigenvalue weighted by atomic mass is 19.1. The summed E-state index contributed by atoms with van der Waals surface area (Å²) >= 11 is 0. The zero-order valence-electron chi connectivity index (χ0n) is 15.9. The summed E-state index contributed by atoms with van der Waals surface area (Å²) in [6.45, 7) is 4.32. The van der Waals surface area contributed by atoms with Gasteiger partial charge in [0, 0.05) is 18.5 Å². The van der Waals surface area contributed by atoms with Gasteiger partial charge in [0.2, 0.25) is 5.75 Å². The number of amides is 1. The number of aromatic hydroxyl groups is 1. The van der Waals surface area contributed by atoms with Crippen molar-refractivity contribution in [1.82, 2.24) is 29.6 Å². The Balaban J connectivity index is 1.63. The Morgan fingerprint density at radius 3 is 2.90 bits per heavy atom. The van der Waals surface area contributed by atoms with E-state index in [4.69, 9.17) is 0 Å². The van der Waals surface area contributed by atoms with Gasteiger partial charge in [-0.05, 0) is 24.1 Å². The van der Waals surface area contributed by atoms with E-state index in [1.165, 1.54) is 40.1 Å². The largest absolute Gasteiger partial charge is 0.501 e. The van der Waals surface area contributed by atoms with Crippen molar-refractivity contribution in [1.29, 1.82) is 0 Å². The lowest BCUT2D eigenvalue weighted by Crippen LogP contribution is -2.31. The molecule has 0 aliphatic carbocycles. The molecule has 0 unspecified atom stereocenters. The number of nitrogens with one attached hydrogen (secondary N) is 1. The van der Waals surface area contributed by atoms with Gasteiger partial charge in [-0.25, -0.2) is 19.0 Å². The average Bonchev–Trinajstić information content (AvgIpc) is 3.31. The summed E-state index contributed by atoms with van der Waals surface area (Å²) in [6, 6.07) is 4.05. The topological polar surface area (TPSA) is 115 Å². The highest BCUT2D eigenvalue weighted by Crippen LogP contribution is 2.32. The van der Waals surface area contributed by atoms with Crippen LogP contribution in [0.5, 0.6) is 5.75 Å². The molecule has 0 bridgehead atoms. The number of benzene rings is 1. The third-order valence-electron chi connectivity index (χ3n) is 5.08. The Kier molecular flexibility index (Phi) is 4.40. The van der Waals surface area contributed by atoms with Crippen molar-refractivity contribution in [2.24, 2.45) is 0 Å². The third kappa shape index (κ3) is 3.26. The summed E-state index contributed by atoms with van der Waals surface area (Å²) in [7, 11) is 0. The van der Waals surface area contributed by atoms with Crippen LogP contribution in [0.3, 0.4) is 0 Å². The third-order valence-corrected chi connectivity index (χ3v) is 5.08. The van der Waals surface area contributed by atoms with E-state index in [1.807, 2.05) is 13.8 Å². The maximum Gasteiger partial charge on any atom is 0.296 e. The van der Waals surface area contributed by atoms with Crippen molar-refractivity contribution in [2.75, 3.05) is 0 Å². The summed E-state index contributed by atoms with van der Waals surface area (Å²) in [5, 5.41) is 16.8. The summed E-state index contributed by atoms with van der Waals surface area (Å²) in [4.78, 5) is 33.2. The number of halogens is 1. The lowest BCUT2D eigenvalue weighted by atomic mass is 9.91. The second-order valence-electron chi connectivity index (χ2n) is 7.52. The zero-order valence-corrected chi connectivity index (χ0v) is 15.9. The van der Waals surface area contributed by atoms with Crippen LogP contribution in [0.1, 0.15) is 42.1 Å². The van der Waals surface area contributed by atoms with Crippen LogP contribution in [0.15, 0.2) is 35.6 Å². The lowest BCUT2D eigenvalue weighted by Gasteiger charge is -2.17. The lowest BCUT2D eigenvalue weighted by molar-refractivity contribution is 0.0941. The monoisotopic (exact) mass is 398 g/mol. The van der Waals surface area contributed by atoms with Crippen LogP contribution < -0.4 is 10.9 Å². The van der Waals surface area contributed by atoms with Crippen LogP contribution in [0.25, 0.3) is 5.69 Å². The summed E-state index contributed by atoms with van der Waals surface area (Å²) < 4.78 is 16.4. The number of carbonyl (C=O) groups is 1. The van der Waals surface area contributed by atoms with Gasteiger partial charge >= 0.3 is 0 Å². The normalized spacial score (nSPS) is 14.6. The van der Waals surface area contributed by atoms with Crippen molar-refractivity contribution in [2.45, 2.75) is 38.8 Å². The van der Waals surface area contributed by atoms with Gasteiger partial charge in [-0.15, -0.1) is 0 Å². The smallest absolute Gasteiger partial charge is 0.296 e. The van der Waals surface area contributed by atoms with Gasteiger partial charge in [0.05, 0.1) is 5.69 Å². The first-order chi connectivity index (χ1) is 13.8. The standard InChI is InChI=1S/C19H19FN6O3/c1-19(2)5-6-25-17(29)15(27)14(24-18(19)25)16(28)22-8-11-3-4-12(20)7-13(11)26-10-21-9-23-26/h3-4,7,9-10,27H,5-6,8H2,1-2H3,(H,22,28). The number of carbonyl (C=O) groups excluding carboxylic acids is 1. The van der Waals surface area contributed by atoms with E-state index in [0.717, 1.165) is 0 Å². The second-order valence-corrected chi connectivity index (χ2v) is 7.52. The summed E-state index contributed by atoms with van der Waals surface area (Å²) in [5.41, 5.74) is -0.339. The molecule has 1 aliphatic rings. The van der Waals surface area contributed by atoms with E-state index in [1.54, 1.807) is 0 Å². The first kappa shape index (κ1) is 18.8. The van der Waals surface area contributed by atoms with Gasteiger partial charge < -0.3 is 10.4 Å². The minimum Gasteiger partial charge on any atom is -0.501 e. The van der Waals surface area contributed by atoms with Gasteiger partial charge in [0.1, 0.15) is 24.3 Å². The molecule has 150 valence electrons. The Hall–Kier alpha value is -3.56. The fraction of sp³-hybridized carbons (Fsp3) is 0.316. The van der Waals surface area contributed by atoms with E-state index >= 15 is 0 Å². The first-order valence-electron chi connectivity index (χ1n) is 9.04. The number of hydrogen-bond acceptors (Lipinski definition) is 6.